The van der Waals surface area contributed by atoms with Gasteiger partial charge >= 0.3 is 0 Å². The maximum absolute atomic E-state index is 11.5. The van der Waals surface area contributed by atoms with Crippen LogP contribution in [-0.2, 0) is 66.4 Å². The zero-order chi connectivity index (χ0) is 45.9. The summed E-state index contributed by atoms with van der Waals surface area (Å²) in [7, 11) is 0. The molecule has 0 amide bonds. The quantitative estimate of drug-likeness (QED) is 0.0602. The molecule has 0 unspecified atom stereocenters. The molecule has 8 rings (SSSR count). The number of hydrogen-bond donors (Lipinski definition) is 14. The highest BCUT2D eigenvalue weighted by molar-refractivity contribution is 5.56. The van der Waals surface area contributed by atoms with Gasteiger partial charge in [0.05, 0.1) is 39.6 Å². The summed E-state index contributed by atoms with van der Waals surface area (Å²) in [6.45, 7) is -3.08. The van der Waals surface area contributed by atoms with Gasteiger partial charge in [-0.15, -0.1) is 0 Å². The molecule has 28 heteroatoms. The number of hydrogen-bond acceptors (Lipinski definition) is 28. The van der Waals surface area contributed by atoms with Crippen LogP contribution in [0, 0.1) is 0 Å². The van der Waals surface area contributed by atoms with Crippen LogP contribution in [0.15, 0.2) is 0 Å². The highest BCUT2D eigenvalue weighted by atomic mass is 16.8. The van der Waals surface area contributed by atoms with Crippen LogP contribution in [-0.4, -0.2) is 295 Å². The SMILES string of the molecule is O=C[C@H](O)[C@@H](O[C@@H]1O[C@H]2CO[C@@H]([C@@H]1O)[C@@H]2O[C@@H]1O[C@H](CO)[C@H](O)[C@H](O[C@@H]2O[C@H]3CO[C@@H]([C@@H]2O)[C@@H]3O[C@@H]2O[C@H](CO)[C@H](O)[C@H](O[C@@H]3O[C@H]4CO[C@@H]([C@@H]3O)[C@@H]4O)[C@H]2O)[C@H]1O)[C@@H](O)[C@H](O)CO. The molecule has 8 heterocycles. The van der Waals surface area contributed by atoms with Crippen LogP contribution in [0.2, 0.25) is 0 Å². The minimum atomic E-state index is -2.03. The monoisotopic (exact) mass is 936 g/mol. The van der Waals surface area contributed by atoms with Crippen molar-refractivity contribution in [3.63, 3.8) is 0 Å². The molecule has 29 atom stereocenters. The van der Waals surface area contributed by atoms with Gasteiger partial charge in [-0.3, -0.25) is 0 Å². The van der Waals surface area contributed by atoms with Crippen LogP contribution in [0.25, 0.3) is 0 Å². The van der Waals surface area contributed by atoms with Gasteiger partial charge in [0.15, 0.2) is 37.7 Å². The number of aldehydes is 1. The standard InChI is InChI=1S/C36H56O28/c37-1-8(41)15(43)24(9(42)2-38)60-35-22(50)30-25(13(58-35)6-53-30)61-34-21(49)29(17(45)11(4-40)56-34)64-36-23(51)31-26(14(59-36)7-54-31)62-33-20(48)28(16(44)10(3-39)55-33)63-32-19(47)27-18(46)12(57-32)5-52-27/h2,8-37,39-51H,1,3-7H2/t8-,9+,10-,11-,12+,13+,14+,15+,16+,17+,18-,19+,20-,21-,22+,23+,24-,25-,26-,27-,28+,29+,30+,31+,32+,33+,34+,35+,36+/m1/s1. The zero-order valence-corrected chi connectivity index (χ0v) is 33.5. The van der Waals surface area contributed by atoms with Gasteiger partial charge in [-0.1, -0.05) is 0 Å². The second-order valence-corrected chi connectivity index (χ2v) is 16.8. The molecule has 8 fully saturated rings. The van der Waals surface area contributed by atoms with Gasteiger partial charge in [0, 0.05) is 0 Å². The topological polar surface area (TPSA) is 420 Å². The average Bonchev–Trinajstić information content (AvgIpc) is 3.88. The van der Waals surface area contributed by atoms with Gasteiger partial charge in [-0.2, -0.15) is 0 Å². The Morgan fingerprint density at radius 1 is 0.484 bits per heavy atom. The molecular formula is C36H56O28. The molecule has 0 aliphatic carbocycles. The van der Waals surface area contributed by atoms with E-state index in [1.807, 2.05) is 0 Å². The van der Waals surface area contributed by atoms with Gasteiger partial charge in [0.2, 0.25) is 0 Å². The molecule has 0 radical (unpaired) electrons. The van der Waals surface area contributed by atoms with Crippen LogP contribution in [0.3, 0.4) is 0 Å². The first-order valence-electron chi connectivity index (χ1n) is 20.8. The van der Waals surface area contributed by atoms with E-state index >= 15 is 0 Å². The lowest BCUT2D eigenvalue weighted by molar-refractivity contribution is -0.379. The third-order valence-electron chi connectivity index (χ3n) is 12.7. The number of ether oxygens (including phenoxy) is 13. The van der Waals surface area contributed by atoms with Crippen molar-refractivity contribution in [1.29, 1.82) is 0 Å². The molecule has 64 heavy (non-hydrogen) atoms. The molecule has 0 saturated carbocycles. The van der Waals surface area contributed by atoms with E-state index in [1.165, 1.54) is 0 Å². The van der Waals surface area contributed by atoms with E-state index in [0.717, 1.165) is 0 Å². The van der Waals surface area contributed by atoms with Crippen molar-refractivity contribution < 1.29 is 138 Å². The molecule has 28 nitrogen and oxygen atoms in total. The Hall–Kier alpha value is -1.41. The van der Waals surface area contributed by atoms with E-state index in [2.05, 4.69) is 0 Å². The lowest BCUT2D eigenvalue weighted by Crippen LogP contribution is -2.66. The number of carbonyl (C=O) groups is 1. The Balaban J connectivity index is 0.902. The third-order valence-corrected chi connectivity index (χ3v) is 12.7. The highest BCUT2D eigenvalue weighted by Crippen LogP contribution is 2.40. The van der Waals surface area contributed by atoms with E-state index < -0.39 is 198 Å². The summed E-state index contributed by atoms with van der Waals surface area (Å²) in [6.07, 6.45) is -44.7. The highest BCUT2D eigenvalue weighted by Gasteiger charge is 2.60. The molecule has 8 aliphatic rings. The van der Waals surface area contributed by atoms with E-state index in [0.29, 0.717) is 0 Å². The van der Waals surface area contributed by atoms with Crippen LogP contribution in [0.1, 0.15) is 0 Å². The van der Waals surface area contributed by atoms with Crippen molar-refractivity contribution in [2.24, 2.45) is 0 Å². The van der Waals surface area contributed by atoms with Crippen LogP contribution in [0.5, 0.6) is 0 Å². The Kier molecular flexibility index (Phi) is 15.5. The molecule has 0 aromatic heterocycles. The molecule has 8 saturated heterocycles. The summed E-state index contributed by atoms with van der Waals surface area (Å²) in [4.78, 5) is 11.3. The minimum absolute atomic E-state index is 0.00316. The summed E-state index contributed by atoms with van der Waals surface area (Å²) in [5.41, 5.74) is 0. The largest absolute Gasteiger partial charge is 0.394 e. The Morgan fingerprint density at radius 2 is 0.891 bits per heavy atom. The fourth-order valence-corrected chi connectivity index (χ4v) is 9.15. The molecular weight excluding hydrogens is 880 g/mol. The molecule has 6 bridgehead atoms. The van der Waals surface area contributed by atoms with Crippen molar-refractivity contribution in [2.45, 2.75) is 178 Å². The van der Waals surface area contributed by atoms with E-state index in [9.17, 15) is 76.3 Å². The third kappa shape index (κ3) is 9.12. The second kappa shape index (κ2) is 20.3. The van der Waals surface area contributed by atoms with Crippen LogP contribution < -0.4 is 0 Å². The fourth-order valence-electron chi connectivity index (χ4n) is 9.15. The molecule has 0 aromatic carbocycles. The Bertz CT molecular complexity index is 1540. The van der Waals surface area contributed by atoms with Crippen molar-refractivity contribution in [2.75, 3.05) is 39.6 Å². The summed E-state index contributed by atoms with van der Waals surface area (Å²) < 4.78 is 74.5. The van der Waals surface area contributed by atoms with Gasteiger partial charge in [0.25, 0.3) is 0 Å². The van der Waals surface area contributed by atoms with E-state index in [-0.39, 0.29) is 26.1 Å². The van der Waals surface area contributed by atoms with Gasteiger partial charge in [0.1, 0.15) is 146 Å². The molecule has 14 N–H and O–H groups in total. The number of carbonyl (C=O) groups excluding carboxylic acids is 1. The van der Waals surface area contributed by atoms with Crippen molar-refractivity contribution >= 4 is 6.29 Å². The summed E-state index contributed by atoms with van der Waals surface area (Å²) in [5.74, 6) is 0. The normalized spacial score (nSPS) is 52.0. The van der Waals surface area contributed by atoms with Crippen LogP contribution in [0.4, 0.5) is 0 Å². The first-order chi connectivity index (χ1) is 30.6. The lowest BCUT2D eigenvalue weighted by Gasteiger charge is -2.48. The predicted molar refractivity (Wildman–Crippen MR) is 190 cm³/mol. The summed E-state index contributed by atoms with van der Waals surface area (Å²) >= 11 is 0. The average molecular weight is 937 g/mol. The van der Waals surface area contributed by atoms with E-state index in [4.69, 9.17) is 61.6 Å². The Morgan fingerprint density at radius 3 is 1.38 bits per heavy atom. The van der Waals surface area contributed by atoms with Gasteiger partial charge in [-0.25, -0.2) is 0 Å². The van der Waals surface area contributed by atoms with Crippen molar-refractivity contribution in [3.05, 3.63) is 0 Å². The molecule has 0 aromatic rings. The number of aliphatic hydroxyl groups excluding tert-OH is 14. The number of rotatable bonds is 17. The van der Waals surface area contributed by atoms with Crippen molar-refractivity contribution in [3.8, 4) is 0 Å². The maximum Gasteiger partial charge on any atom is 0.187 e. The lowest BCUT2D eigenvalue weighted by atomic mass is 9.96. The summed E-state index contributed by atoms with van der Waals surface area (Å²) in [5, 5.41) is 148. The fraction of sp³-hybridized carbons (Fsp3) is 0.972. The first-order valence-corrected chi connectivity index (χ1v) is 20.8. The summed E-state index contributed by atoms with van der Waals surface area (Å²) in [6, 6.07) is 0. The molecule has 8 aliphatic heterocycles. The zero-order valence-electron chi connectivity index (χ0n) is 33.5. The predicted octanol–water partition coefficient (Wildman–Crippen LogP) is -11.1. The second-order valence-electron chi connectivity index (χ2n) is 16.8. The minimum Gasteiger partial charge on any atom is -0.394 e. The van der Waals surface area contributed by atoms with Crippen molar-refractivity contribution in [1.82, 2.24) is 0 Å². The first kappa shape index (κ1) is 49.0. The number of aliphatic hydroxyl groups is 14. The Labute approximate surface area is 361 Å². The maximum atomic E-state index is 11.5. The van der Waals surface area contributed by atoms with E-state index in [1.54, 1.807) is 0 Å². The van der Waals surface area contributed by atoms with Crippen LogP contribution >= 0.6 is 0 Å². The van der Waals surface area contributed by atoms with Gasteiger partial charge in [-0.05, 0) is 0 Å². The molecule has 0 spiro atoms. The molecule has 368 valence electrons. The number of fused-ring (bicyclic) bond motifs is 6. The van der Waals surface area contributed by atoms with Gasteiger partial charge < -0.3 is 138 Å². The smallest absolute Gasteiger partial charge is 0.187 e.